The van der Waals surface area contributed by atoms with E-state index in [9.17, 15) is 18.0 Å². The summed E-state index contributed by atoms with van der Waals surface area (Å²) in [5.41, 5.74) is 11.1. The Morgan fingerprint density at radius 2 is 1.63 bits per heavy atom. The minimum atomic E-state index is -3.25. The zero-order valence-corrected chi connectivity index (χ0v) is 24.4. The fourth-order valence-electron chi connectivity index (χ4n) is 5.86. The second-order valence-corrected chi connectivity index (χ2v) is 12.4. The second-order valence-electron chi connectivity index (χ2n) is 10.7. The average molecular weight is 584 g/mol. The minimum Gasteiger partial charge on any atom is -0.478 e. The third-order valence-electron chi connectivity index (χ3n) is 7.94. The van der Waals surface area contributed by atoms with Crippen molar-refractivity contribution in [3.63, 3.8) is 0 Å². The first-order chi connectivity index (χ1) is 19.5. The number of anilines is 1. The molecule has 0 bridgehead atoms. The van der Waals surface area contributed by atoms with Crippen molar-refractivity contribution in [1.82, 2.24) is 4.90 Å². The summed E-state index contributed by atoms with van der Waals surface area (Å²) in [7, 11) is -3.25. The van der Waals surface area contributed by atoms with Gasteiger partial charge in [0.25, 0.3) is 0 Å². The van der Waals surface area contributed by atoms with Gasteiger partial charge in [-0.05, 0) is 67.0 Å². The molecule has 10 heteroatoms. The first kappa shape index (κ1) is 32.0. The quantitative estimate of drug-likeness (QED) is 0.286. The normalized spacial score (nSPS) is 17.8. The number of carboxylic acid groups (broad SMARTS) is 2. The average Bonchev–Trinajstić information content (AvgIpc) is 3.49. The number of rotatable bonds is 11. The van der Waals surface area contributed by atoms with Gasteiger partial charge in [-0.2, -0.15) is 0 Å². The van der Waals surface area contributed by atoms with E-state index in [-0.39, 0.29) is 5.41 Å². The van der Waals surface area contributed by atoms with Crippen LogP contribution in [0.2, 0.25) is 0 Å². The zero-order chi connectivity index (χ0) is 29.9. The SMILES string of the molecule is CS(=O)(=O)Nc1ccc(C2=CCN(CCC(CN)(c3ccccc3)C3CCCC3)CC2)cc1.O=C(O)/C=C\C(=O)O. The molecule has 1 unspecified atom stereocenters. The Morgan fingerprint density at radius 1 is 1.02 bits per heavy atom. The fourth-order valence-corrected chi connectivity index (χ4v) is 6.43. The Labute approximate surface area is 242 Å². The molecule has 2 aliphatic rings. The number of carbonyl (C=O) groups is 2. The lowest BCUT2D eigenvalue weighted by Gasteiger charge is -2.41. The lowest BCUT2D eigenvalue weighted by atomic mass is 9.67. The first-order valence-electron chi connectivity index (χ1n) is 13.9. The number of hydrogen-bond acceptors (Lipinski definition) is 6. The van der Waals surface area contributed by atoms with Crippen LogP contribution in [0.5, 0.6) is 0 Å². The molecule has 0 spiro atoms. The predicted octanol–water partition coefficient (Wildman–Crippen LogP) is 4.34. The largest absolute Gasteiger partial charge is 0.478 e. The van der Waals surface area contributed by atoms with Crippen molar-refractivity contribution in [2.24, 2.45) is 11.7 Å². The summed E-state index contributed by atoms with van der Waals surface area (Å²) in [4.78, 5) is 21.7. The van der Waals surface area contributed by atoms with Gasteiger partial charge in [0.05, 0.1) is 6.26 Å². The summed E-state index contributed by atoms with van der Waals surface area (Å²) in [5, 5.41) is 15.6. The summed E-state index contributed by atoms with van der Waals surface area (Å²) in [6.45, 7) is 3.75. The maximum absolute atomic E-state index is 11.4. The molecular weight excluding hydrogens is 542 g/mol. The molecule has 1 saturated carbocycles. The van der Waals surface area contributed by atoms with E-state index in [1.807, 2.05) is 24.3 Å². The van der Waals surface area contributed by atoms with Crippen molar-refractivity contribution in [3.05, 3.63) is 84.0 Å². The van der Waals surface area contributed by atoms with Gasteiger partial charge in [-0.3, -0.25) is 9.62 Å². The van der Waals surface area contributed by atoms with Crippen molar-refractivity contribution < 1.29 is 28.2 Å². The van der Waals surface area contributed by atoms with Crippen molar-refractivity contribution in [1.29, 1.82) is 0 Å². The summed E-state index contributed by atoms with van der Waals surface area (Å²) in [5.74, 6) is -1.83. The van der Waals surface area contributed by atoms with Crippen LogP contribution in [0.3, 0.4) is 0 Å². The van der Waals surface area contributed by atoms with Gasteiger partial charge in [0.15, 0.2) is 0 Å². The maximum Gasteiger partial charge on any atom is 0.328 e. The van der Waals surface area contributed by atoms with Crippen LogP contribution < -0.4 is 10.5 Å². The van der Waals surface area contributed by atoms with Gasteiger partial charge in [-0.15, -0.1) is 0 Å². The highest BCUT2D eigenvalue weighted by atomic mass is 32.2. The Kier molecular flexibility index (Phi) is 11.7. The topological polar surface area (TPSA) is 150 Å². The van der Waals surface area contributed by atoms with E-state index in [0.717, 1.165) is 32.5 Å². The molecular formula is C31H41N3O6S. The van der Waals surface area contributed by atoms with Crippen LogP contribution in [0.25, 0.3) is 5.57 Å². The number of nitrogens with zero attached hydrogens (tertiary/aromatic N) is 1. The third kappa shape index (κ3) is 9.84. The van der Waals surface area contributed by atoms with E-state index in [1.165, 1.54) is 48.6 Å². The Balaban J connectivity index is 0.000000507. The minimum absolute atomic E-state index is 0.0736. The summed E-state index contributed by atoms with van der Waals surface area (Å²) < 4.78 is 25.4. The number of benzene rings is 2. The smallest absolute Gasteiger partial charge is 0.328 e. The van der Waals surface area contributed by atoms with Crippen LogP contribution in [-0.4, -0.2) is 67.9 Å². The molecule has 0 amide bonds. The van der Waals surface area contributed by atoms with Gasteiger partial charge in [0.2, 0.25) is 10.0 Å². The Bertz CT molecular complexity index is 1300. The number of carboxylic acids is 2. The summed E-state index contributed by atoms with van der Waals surface area (Å²) in [6, 6.07) is 18.6. The lowest BCUT2D eigenvalue weighted by Crippen LogP contribution is -2.44. The third-order valence-corrected chi connectivity index (χ3v) is 8.55. The molecule has 41 heavy (non-hydrogen) atoms. The molecule has 5 N–H and O–H groups in total. The van der Waals surface area contributed by atoms with E-state index in [1.54, 1.807) is 0 Å². The van der Waals surface area contributed by atoms with Gasteiger partial charge in [-0.25, -0.2) is 18.0 Å². The summed E-state index contributed by atoms with van der Waals surface area (Å²) in [6.07, 6.45) is 12.0. The summed E-state index contributed by atoms with van der Waals surface area (Å²) >= 11 is 0. The standard InChI is InChI=1S/C27H37N3O2S.C4H4O4/c1-33(31,32)29-26-13-11-22(12-14-26)23-15-18-30(19-16-23)20-17-27(21-28,25-9-5-6-10-25)24-7-3-2-4-8-24;5-3(6)1-2-4(7)8/h2-4,7-8,11-15,25,29H,5-6,9-10,16-21,28H2,1H3;1-2H,(H,5,6)(H,7,8)/b;2-1-. The van der Waals surface area contributed by atoms with Crippen LogP contribution in [0.1, 0.15) is 49.7 Å². The molecule has 1 atom stereocenters. The molecule has 1 heterocycles. The highest BCUT2D eigenvalue weighted by Gasteiger charge is 2.40. The number of nitrogens with two attached hydrogens (primary N) is 1. The van der Waals surface area contributed by atoms with E-state index in [2.05, 4.69) is 46.0 Å². The molecule has 9 nitrogen and oxygen atoms in total. The molecule has 1 aliphatic carbocycles. The van der Waals surface area contributed by atoms with Gasteiger partial charge < -0.3 is 15.9 Å². The fraction of sp³-hybridized carbons (Fsp3) is 0.419. The van der Waals surface area contributed by atoms with Crippen molar-refractivity contribution in [2.75, 3.05) is 37.2 Å². The van der Waals surface area contributed by atoms with Crippen LogP contribution in [0.15, 0.2) is 72.8 Å². The Hall–Kier alpha value is -3.47. The second kappa shape index (κ2) is 15.0. The van der Waals surface area contributed by atoms with E-state index >= 15 is 0 Å². The van der Waals surface area contributed by atoms with Crippen LogP contribution in [0.4, 0.5) is 5.69 Å². The number of aliphatic carboxylic acids is 2. The monoisotopic (exact) mass is 583 g/mol. The van der Waals surface area contributed by atoms with E-state index in [0.29, 0.717) is 30.3 Å². The first-order valence-corrected chi connectivity index (χ1v) is 15.8. The van der Waals surface area contributed by atoms with Crippen molar-refractivity contribution >= 4 is 33.2 Å². The highest BCUT2D eigenvalue weighted by Crippen LogP contribution is 2.44. The van der Waals surface area contributed by atoms with Gasteiger partial charge in [0, 0.05) is 42.9 Å². The van der Waals surface area contributed by atoms with Crippen LogP contribution >= 0.6 is 0 Å². The maximum atomic E-state index is 11.4. The van der Waals surface area contributed by atoms with E-state index in [4.69, 9.17) is 15.9 Å². The lowest BCUT2D eigenvalue weighted by molar-refractivity contribution is -0.134. The molecule has 1 fully saturated rings. The van der Waals surface area contributed by atoms with Crippen LogP contribution in [0, 0.1) is 5.92 Å². The van der Waals surface area contributed by atoms with Crippen LogP contribution in [-0.2, 0) is 25.0 Å². The number of sulfonamides is 1. The molecule has 4 rings (SSSR count). The highest BCUT2D eigenvalue weighted by molar-refractivity contribution is 7.92. The van der Waals surface area contributed by atoms with Gasteiger partial charge >= 0.3 is 11.9 Å². The molecule has 0 aromatic heterocycles. The zero-order valence-electron chi connectivity index (χ0n) is 23.5. The van der Waals surface area contributed by atoms with Crippen molar-refractivity contribution in [3.8, 4) is 0 Å². The Morgan fingerprint density at radius 3 is 2.12 bits per heavy atom. The molecule has 0 saturated heterocycles. The predicted molar refractivity (Wildman–Crippen MR) is 162 cm³/mol. The molecule has 0 radical (unpaired) electrons. The van der Waals surface area contributed by atoms with E-state index < -0.39 is 22.0 Å². The molecule has 222 valence electrons. The molecule has 2 aromatic rings. The van der Waals surface area contributed by atoms with Gasteiger partial charge in [-0.1, -0.05) is 61.4 Å². The number of hydrogen-bond donors (Lipinski definition) is 4. The van der Waals surface area contributed by atoms with Crippen molar-refractivity contribution in [2.45, 2.75) is 43.9 Å². The molecule has 2 aromatic carbocycles. The molecule has 1 aliphatic heterocycles. The number of nitrogens with one attached hydrogen (secondary N) is 1. The van der Waals surface area contributed by atoms with Gasteiger partial charge in [0.1, 0.15) is 0 Å².